The molecule has 5 rings (SSSR count). The summed E-state index contributed by atoms with van der Waals surface area (Å²) in [6.07, 6.45) is 12.2. The van der Waals surface area contributed by atoms with Gasteiger partial charge in [0.2, 0.25) is 5.89 Å². The normalized spacial score (nSPS) is 24.9. The molecule has 0 unspecified atom stereocenters. The van der Waals surface area contributed by atoms with Crippen LogP contribution < -0.4 is 0 Å². The van der Waals surface area contributed by atoms with Gasteiger partial charge in [-0.25, -0.2) is 4.98 Å². The predicted molar refractivity (Wildman–Crippen MR) is 93.1 cm³/mol. The van der Waals surface area contributed by atoms with E-state index < -0.39 is 0 Å². The molecule has 1 atom stereocenters. The first-order valence-corrected chi connectivity index (χ1v) is 10.0. The SMILES string of the molecule is C1CCc2[nH]c([C@H]3CCCN3Cc3nc(C4CCCC4)no3)nc2C1. The third-order valence-electron chi connectivity index (χ3n) is 6.19. The van der Waals surface area contributed by atoms with Crippen molar-refractivity contribution >= 4 is 0 Å². The zero-order valence-corrected chi connectivity index (χ0v) is 14.8. The minimum absolute atomic E-state index is 0.368. The lowest BCUT2D eigenvalue weighted by Gasteiger charge is -2.20. The van der Waals surface area contributed by atoms with Gasteiger partial charge in [-0.15, -0.1) is 0 Å². The Bertz CT molecular complexity index is 707. The van der Waals surface area contributed by atoms with Crippen LogP contribution in [0, 0.1) is 0 Å². The number of aromatic nitrogens is 4. The molecule has 0 radical (unpaired) electrons. The van der Waals surface area contributed by atoms with Crippen LogP contribution in [0.3, 0.4) is 0 Å². The van der Waals surface area contributed by atoms with Gasteiger partial charge < -0.3 is 9.51 Å². The van der Waals surface area contributed by atoms with Crippen molar-refractivity contribution in [2.75, 3.05) is 6.54 Å². The minimum Gasteiger partial charge on any atom is -0.344 e. The first-order valence-electron chi connectivity index (χ1n) is 10.0. The summed E-state index contributed by atoms with van der Waals surface area (Å²) in [5, 5.41) is 4.25. The smallest absolute Gasteiger partial charge is 0.240 e. The number of nitrogens with one attached hydrogen (secondary N) is 1. The topological polar surface area (TPSA) is 70.8 Å². The molecule has 0 aromatic carbocycles. The van der Waals surface area contributed by atoms with Crippen molar-refractivity contribution in [3.63, 3.8) is 0 Å². The van der Waals surface area contributed by atoms with E-state index in [1.54, 1.807) is 0 Å². The highest BCUT2D eigenvalue weighted by Gasteiger charge is 2.31. The molecule has 0 spiro atoms. The van der Waals surface area contributed by atoms with Crippen molar-refractivity contribution in [3.05, 3.63) is 28.9 Å². The molecule has 134 valence electrons. The molecule has 3 aliphatic rings. The van der Waals surface area contributed by atoms with Gasteiger partial charge in [0.1, 0.15) is 5.82 Å². The van der Waals surface area contributed by atoms with Crippen molar-refractivity contribution in [1.29, 1.82) is 0 Å². The summed E-state index contributed by atoms with van der Waals surface area (Å²) in [6, 6.07) is 0.368. The van der Waals surface area contributed by atoms with Crippen LogP contribution in [0.5, 0.6) is 0 Å². The first kappa shape index (κ1) is 15.6. The van der Waals surface area contributed by atoms with Gasteiger partial charge in [0.15, 0.2) is 5.82 Å². The Labute approximate surface area is 148 Å². The van der Waals surface area contributed by atoms with Gasteiger partial charge in [0, 0.05) is 11.6 Å². The quantitative estimate of drug-likeness (QED) is 0.919. The van der Waals surface area contributed by atoms with Crippen molar-refractivity contribution < 1.29 is 4.52 Å². The summed E-state index contributed by atoms with van der Waals surface area (Å²) in [5.74, 6) is 3.37. The van der Waals surface area contributed by atoms with Crippen LogP contribution in [0.15, 0.2) is 4.52 Å². The molecule has 3 heterocycles. The zero-order valence-electron chi connectivity index (χ0n) is 14.8. The second-order valence-electron chi connectivity index (χ2n) is 7.91. The number of aryl methyl sites for hydroxylation is 2. The molecule has 0 amide bonds. The van der Waals surface area contributed by atoms with Crippen molar-refractivity contribution in [3.8, 4) is 0 Å². The van der Waals surface area contributed by atoms with Crippen LogP contribution >= 0.6 is 0 Å². The van der Waals surface area contributed by atoms with Gasteiger partial charge in [-0.05, 0) is 57.9 Å². The molecule has 25 heavy (non-hydrogen) atoms. The van der Waals surface area contributed by atoms with E-state index in [0.717, 1.165) is 49.9 Å². The Morgan fingerprint density at radius 3 is 2.76 bits per heavy atom. The van der Waals surface area contributed by atoms with Gasteiger partial charge in [0.25, 0.3) is 0 Å². The summed E-state index contributed by atoms with van der Waals surface area (Å²) in [5.41, 5.74) is 2.67. The number of likely N-dealkylation sites (tertiary alicyclic amines) is 1. The summed E-state index contributed by atoms with van der Waals surface area (Å²) < 4.78 is 5.57. The molecule has 1 saturated heterocycles. The lowest BCUT2D eigenvalue weighted by molar-refractivity contribution is 0.206. The number of nitrogens with zero attached hydrogens (tertiary/aromatic N) is 4. The molecule has 2 aromatic heterocycles. The van der Waals surface area contributed by atoms with Crippen molar-refractivity contribution in [1.82, 2.24) is 25.0 Å². The number of hydrogen-bond acceptors (Lipinski definition) is 5. The molecule has 1 N–H and O–H groups in total. The van der Waals surface area contributed by atoms with E-state index in [4.69, 9.17) is 14.5 Å². The molecule has 2 aromatic rings. The molecular weight excluding hydrogens is 314 g/mol. The van der Waals surface area contributed by atoms with Gasteiger partial charge in [-0.2, -0.15) is 4.98 Å². The molecule has 1 saturated carbocycles. The maximum atomic E-state index is 5.57. The summed E-state index contributed by atoms with van der Waals surface area (Å²) >= 11 is 0. The summed E-state index contributed by atoms with van der Waals surface area (Å²) in [4.78, 5) is 15.7. The molecule has 0 bridgehead atoms. The molecular formula is C19H27N5O. The van der Waals surface area contributed by atoms with Crippen LogP contribution in [-0.4, -0.2) is 31.6 Å². The highest BCUT2D eigenvalue weighted by molar-refractivity contribution is 5.19. The van der Waals surface area contributed by atoms with E-state index in [2.05, 4.69) is 15.0 Å². The number of rotatable bonds is 4. The number of H-pyrrole nitrogens is 1. The van der Waals surface area contributed by atoms with E-state index in [-0.39, 0.29) is 0 Å². The lowest BCUT2D eigenvalue weighted by atomic mass is 10.0. The second kappa shape index (κ2) is 6.56. The molecule has 2 fully saturated rings. The number of imidazole rings is 1. The highest BCUT2D eigenvalue weighted by Crippen LogP contribution is 2.35. The Balaban J connectivity index is 1.30. The van der Waals surface area contributed by atoms with E-state index in [1.807, 2.05) is 0 Å². The fraction of sp³-hybridized carbons (Fsp3) is 0.737. The number of aromatic amines is 1. The van der Waals surface area contributed by atoms with Gasteiger partial charge in [-0.3, -0.25) is 4.90 Å². The molecule has 6 heteroatoms. The lowest BCUT2D eigenvalue weighted by Crippen LogP contribution is -2.23. The van der Waals surface area contributed by atoms with Crippen LogP contribution in [0.2, 0.25) is 0 Å². The monoisotopic (exact) mass is 341 g/mol. The third-order valence-corrected chi connectivity index (χ3v) is 6.19. The first-order chi connectivity index (χ1) is 12.4. The fourth-order valence-corrected chi connectivity index (χ4v) is 4.81. The highest BCUT2D eigenvalue weighted by atomic mass is 16.5. The van der Waals surface area contributed by atoms with Crippen molar-refractivity contribution in [2.45, 2.75) is 82.7 Å². The second-order valence-corrected chi connectivity index (χ2v) is 7.91. The van der Waals surface area contributed by atoms with Crippen LogP contribution in [0.25, 0.3) is 0 Å². The van der Waals surface area contributed by atoms with E-state index >= 15 is 0 Å². The Hall–Kier alpha value is -1.69. The summed E-state index contributed by atoms with van der Waals surface area (Å²) in [7, 11) is 0. The van der Waals surface area contributed by atoms with Crippen LogP contribution in [0.4, 0.5) is 0 Å². The standard InChI is InChI=1S/C19H27N5O/c1-2-7-13(6-1)18-22-17(25-23-18)12-24-11-5-10-16(24)19-20-14-8-3-4-9-15(14)21-19/h13,16H,1-12H2,(H,20,21)/t16-/m1/s1. The summed E-state index contributed by atoms with van der Waals surface area (Å²) in [6.45, 7) is 1.83. The third kappa shape index (κ3) is 3.01. The Morgan fingerprint density at radius 1 is 1.00 bits per heavy atom. The van der Waals surface area contributed by atoms with Crippen molar-refractivity contribution in [2.24, 2.45) is 0 Å². The van der Waals surface area contributed by atoms with Gasteiger partial charge in [-0.1, -0.05) is 18.0 Å². The fourth-order valence-electron chi connectivity index (χ4n) is 4.81. The van der Waals surface area contributed by atoms with Crippen LogP contribution in [0.1, 0.15) is 92.3 Å². The number of hydrogen-bond donors (Lipinski definition) is 1. The van der Waals surface area contributed by atoms with Crippen LogP contribution in [-0.2, 0) is 19.4 Å². The largest absolute Gasteiger partial charge is 0.344 e. The zero-order chi connectivity index (χ0) is 16.6. The Morgan fingerprint density at radius 2 is 1.88 bits per heavy atom. The minimum atomic E-state index is 0.368. The van der Waals surface area contributed by atoms with E-state index in [1.165, 1.54) is 56.3 Å². The molecule has 6 nitrogen and oxygen atoms in total. The maximum Gasteiger partial charge on any atom is 0.240 e. The average molecular weight is 341 g/mol. The van der Waals surface area contributed by atoms with Gasteiger partial charge >= 0.3 is 0 Å². The molecule has 1 aliphatic heterocycles. The Kier molecular flexibility index (Phi) is 4.08. The molecule has 2 aliphatic carbocycles. The number of fused-ring (bicyclic) bond motifs is 1. The maximum absolute atomic E-state index is 5.57. The van der Waals surface area contributed by atoms with E-state index in [0.29, 0.717) is 12.0 Å². The van der Waals surface area contributed by atoms with Gasteiger partial charge in [0.05, 0.1) is 18.3 Å². The predicted octanol–water partition coefficient (Wildman–Crippen LogP) is 3.67. The van der Waals surface area contributed by atoms with E-state index in [9.17, 15) is 0 Å². The average Bonchev–Trinajstić information content (AvgIpc) is 3.41.